The molecule has 30 heavy (non-hydrogen) atoms. The smallest absolute Gasteiger partial charge is 0.138 e. The zero-order chi connectivity index (χ0) is 21.9. The Morgan fingerprint density at radius 2 is 1.67 bits per heavy atom. The molecule has 5 atom stereocenters. The van der Waals surface area contributed by atoms with Crippen LogP contribution in [0.5, 0.6) is 0 Å². The van der Waals surface area contributed by atoms with E-state index in [-0.39, 0.29) is 10.8 Å². The number of carbonyl (C=O) groups excluding carboxylic acids is 1. The average molecular weight is 411 g/mol. The fraction of sp³-hybridized carbons (Fsp3) is 0.828. The predicted octanol–water partition coefficient (Wildman–Crippen LogP) is 8.44. The van der Waals surface area contributed by atoms with Crippen LogP contribution in [0.3, 0.4) is 0 Å². The average Bonchev–Trinajstić information content (AvgIpc) is 2.94. The van der Waals surface area contributed by atoms with Crippen LogP contribution in [0, 0.1) is 33.5 Å². The minimum Gasteiger partial charge on any atom is -0.299 e. The molecule has 0 amide bonds. The molecule has 4 rings (SSSR count). The highest BCUT2D eigenvalue weighted by atomic mass is 16.1. The maximum Gasteiger partial charge on any atom is 0.138 e. The molecule has 0 bridgehead atoms. The molecule has 0 N–H and O–H groups in total. The SMILES string of the molecule is CC(C)=CCCCC1CC[C@@]2(C)C3=C(CC[C@]12C)[C@@]1(C)CCC(=O)C(C)(C)C1CC3. The van der Waals surface area contributed by atoms with Gasteiger partial charge in [-0.05, 0) is 106 Å². The third-order valence-electron chi connectivity index (χ3n) is 11.0. The fourth-order valence-corrected chi connectivity index (χ4v) is 8.83. The molecule has 0 aromatic rings. The molecule has 0 aromatic heterocycles. The fourth-order valence-electron chi connectivity index (χ4n) is 8.83. The summed E-state index contributed by atoms with van der Waals surface area (Å²) in [6.07, 6.45) is 16.3. The van der Waals surface area contributed by atoms with Gasteiger partial charge in [-0.3, -0.25) is 4.79 Å². The summed E-state index contributed by atoms with van der Waals surface area (Å²) in [5.74, 6) is 1.94. The van der Waals surface area contributed by atoms with E-state index in [2.05, 4.69) is 54.5 Å². The van der Waals surface area contributed by atoms with E-state index in [9.17, 15) is 4.79 Å². The second-order valence-corrected chi connectivity index (χ2v) is 12.8. The van der Waals surface area contributed by atoms with Crippen molar-refractivity contribution in [3.05, 3.63) is 22.8 Å². The van der Waals surface area contributed by atoms with Gasteiger partial charge in [-0.25, -0.2) is 0 Å². The summed E-state index contributed by atoms with van der Waals surface area (Å²) in [6, 6.07) is 0. The van der Waals surface area contributed by atoms with Crippen LogP contribution in [0.25, 0.3) is 0 Å². The Bertz CT molecular complexity index is 778. The van der Waals surface area contributed by atoms with Crippen LogP contribution in [0.15, 0.2) is 22.8 Å². The highest BCUT2D eigenvalue weighted by Crippen LogP contribution is 2.71. The molecule has 0 heterocycles. The van der Waals surface area contributed by atoms with Gasteiger partial charge in [0.15, 0.2) is 0 Å². The first-order valence-corrected chi connectivity index (χ1v) is 12.9. The molecule has 0 aromatic carbocycles. The van der Waals surface area contributed by atoms with Crippen LogP contribution in [0.1, 0.15) is 119 Å². The number of allylic oxidation sites excluding steroid dienone is 4. The largest absolute Gasteiger partial charge is 0.299 e. The molecule has 0 radical (unpaired) electrons. The van der Waals surface area contributed by atoms with Crippen molar-refractivity contribution < 1.29 is 4.79 Å². The molecule has 4 aliphatic rings. The van der Waals surface area contributed by atoms with Crippen molar-refractivity contribution in [2.24, 2.45) is 33.5 Å². The number of rotatable bonds is 4. The van der Waals surface area contributed by atoms with E-state index in [1.54, 1.807) is 0 Å². The van der Waals surface area contributed by atoms with E-state index in [1.807, 2.05) is 11.1 Å². The van der Waals surface area contributed by atoms with Crippen molar-refractivity contribution in [3.63, 3.8) is 0 Å². The first-order valence-electron chi connectivity index (χ1n) is 12.9. The quantitative estimate of drug-likeness (QED) is 0.335. The van der Waals surface area contributed by atoms with Gasteiger partial charge in [0, 0.05) is 11.8 Å². The summed E-state index contributed by atoms with van der Waals surface area (Å²) < 4.78 is 0. The van der Waals surface area contributed by atoms with Gasteiger partial charge in [0.05, 0.1) is 0 Å². The van der Waals surface area contributed by atoms with Gasteiger partial charge in [-0.2, -0.15) is 0 Å². The Hall–Kier alpha value is -0.850. The molecular weight excluding hydrogens is 364 g/mol. The molecule has 0 spiro atoms. The first kappa shape index (κ1) is 22.3. The molecule has 1 nitrogen and oxygen atoms in total. The van der Waals surface area contributed by atoms with Crippen molar-refractivity contribution in [1.82, 2.24) is 0 Å². The molecular formula is C29H46O. The topological polar surface area (TPSA) is 17.1 Å². The maximum atomic E-state index is 12.8. The summed E-state index contributed by atoms with van der Waals surface area (Å²) in [5.41, 5.74) is 6.11. The van der Waals surface area contributed by atoms with Gasteiger partial charge < -0.3 is 0 Å². The van der Waals surface area contributed by atoms with Gasteiger partial charge in [0.1, 0.15) is 5.78 Å². The third kappa shape index (κ3) is 3.04. The number of carbonyl (C=O) groups is 1. The van der Waals surface area contributed by atoms with Crippen LogP contribution in [0.4, 0.5) is 0 Å². The maximum absolute atomic E-state index is 12.8. The number of hydrogen-bond acceptors (Lipinski definition) is 1. The Balaban J connectivity index is 1.63. The van der Waals surface area contributed by atoms with Gasteiger partial charge in [0.2, 0.25) is 0 Å². The van der Waals surface area contributed by atoms with Crippen molar-refractivity contribution in [3.8, 4) is 0 Å². The molecule has 2 saturated carbocycles. The zero-order valence-electron chi connectivity index (χ0n) is 20.9. The van der Waals surface area contributed by atoms with Crippen LogP contribution in [0.2, 0.25) is 0 Å². The lowest BCUT2D eigenvalue weighted by Crippen LogP contribution is -2.53. The number of hydrogen-bond donors (Lipinski definition) is 0. The standard InChI is InChI=1S/C29H46O/c1-20(2)10-8-9-11-21-14-18-29(7)23-12-13-24-26(3,4)25(30)16-17-27(24,5)22(23)15-19-28(21,29)6/h10,21,24H,8-9,11-19H2,1-7H3/t21?,24?,27-,28-,29+/m1/s1. The van der Waals surface area contributed by atoms with Crippen LogP contribution < -0.4 is 0 Å². The lowest BCUT2D eigenvalue weighted by Gasteiger charge is -2.60. The summed E-state index contributed by atoms with van der Waals surface area (Å²) in [6.45, 7) is 16.8. The van der Waals surface area contributed by atoms with E-state index in [1.165, 1.54) is 63.4 Å². The van der Waals surface area contributed by atoms with Crippen molar-refractivity contribution >= 4 is 5.78 Å². The number of fused-ring (bicyclic) bond motifs is 4. The van der Waals surface area contributed by atoms with E-state index in [0.717, 1.165) is 18.8 Å². The summed E-state index contributed by atoms with van der Waals surface area (Å²) >= 11 is 0. The highest BCUT2D eigenvalue weighted by molar-refractivity contribution is 5.85. The molecule has 0 aliphatic heterocycles. The van der Waals surface area contributed by atoms with Gasteiger partial charge in [0.25, 0.3) is 0 Å². The molecule has 0 saturated heterocycles. The zero-order valence-corrected chi connectivity index (χ0v) is 20.9. The number of Topliss-reactive ketones (excluding diaryl/α,β-unsaturated/α-hetero) is 1. The Labute approximate surface area is 186 Å². The minimum absolute atomic E-state index is 0.143. The second kappa shape index (κ2) is 7.35. The number of ketones is 1. The predicted molar refractivity (Wildman–Crippen MR) is 127 cm³/mol. The van der Waals surface area contributed by atoms with E-state index < -0.39 is 0 Å². The van der Waals surface area contributed by atoms with Crippen LogP contribution >= 0.6 is 0 Å². The van der Waals surface area contributed by atoms with Crippen LogP contribution in [-0.4, -0.2) is 5.78 Å². The van der Waals surface area contributed by atoms with Gasteiger partial charge in [-0.15, -0.1) is 0 Å². The van der Waals surface area contributed by atoms with E-state index >= 15 is 0 Å². The normalized spacial score (nSPS) is 42.4. The van der Waals surface area contributed by atoms with Gasteiger partial charge in [-0.1, -0.05) is 57.4 Å². The Morgan fingerprint density at radius 1 is 0.933 bits per heavy atom. The summed E-state index contributed by atoms with van der Waals surface area (Å²) in [5, 5.41) is 0. The first-order chi connectivity index (χ1) is 14.0. The lowest BCUT2D eigenvalue weighted by atomic mass is 9.43. The van der Waals surface area contributed by atoms with Gasteiger partial charge >= 0.3 is 0 Å². The van der Waals surface area contributed by atoms with E-state index in [0.29, 0.717) is 22.5 Å². The Kier molecular flexibility index (Phi) is 5.47. The van der Waals surface area contributed by atoms with E-state index in [4.69, 9.17) is 0 Å². The lowest BCUT2D eigenvalue weighted by molar-refractivity contribution is -0.139. The molecule has 168 valence electrons. The van der Waals surface area contributed by atoms with Crippen LogP contribution in [-0.2, 0) is 4.79 Å². The molecule has 1 heteroatoms. The Morgan fingerprint density at radius 3 is 2.37 bits per heavy atom. The number of unbranched alkanes of at least 4 members (excludes halogenated alkanes) is 1. The molecule has 4 aliphatic carbocycles. The summed E-state index contributed by atoms with van der Waals surface area (Å²) in [4.78, 5) is 12.8. The molecule has 2 unspecified atom stereocenters. The minimum atomic E-state index is -0.143. The monoisotopic (exact) mass is 410 g/mol. The van der Waals surface area contributed by atoms with Crippen molar-refractivity contribution in [2.45, 2.75) is 119 Å². The third-order valence-corrected chi connectivity index (χ3v) is 11.0. The second-order valence-electron chi connectivity index (χ2n) is 12.8. The van der Waals surface area contributed by atoms with Crippen molar-refractivity contribution in [1.29, 1.82) is 0 Å². The summed E-state index contributed by atoms with van der Waals surface area (Å²) in [7, 11) is 0. The molecule has 2 fully saturated rings. The van der Waals surface area contributed by atoms with Crippen molar-refractivity contribution in [2.75, 3.05) is 0 Å². The highest BCUT2D eigenvalue weighted by Gasteiger charge is 2.62.